The van der Waals surface area contributed by atoms with Gasteiger partial charge in [0.1, 0.15) is 5.75 Å². The highest BCUT2D eigenvalue weighted by Gasteiger charge is 2.10. The van der Waals surface area contributed by atoms with Crippen molar-refractivity contribution in [3.05, 3.63) is 57.2 Å². The van der Waals surface area contributed by atoms with Crippen molar-refractivity contribution in [3.8, 4) is 5.75 Å². The molecule has 6 heteroatoms. The molecule has 0 aromatic heterocycles. The van der Waals surface area contributed by atoms with Crippen LogP contribution >= 0.6 is 22.6 Å². The maximum absolute atomic E-state index is 12.3. The number of nitrogens with one attached hydrogen (secondary N) is 2. The summed E-state index contributed by atoms with van der Waals surface area (Å²) < 4.78 is 6.02. The van der Waals surface area contributed by atoms with Gasteiger partial charge in [-0.3, -0.25) is 9.59 Å². The molecule has 2 rings (SSSR count). The van der Waals surface area contributed by atoms with Crippen molar-refractivity contribution in [1.82, 2.24) is 5.32 Å². The van der Waals surface area contributed by atoms with E-state index in [0.29, 0.717) is 16.8 Å². The molecule has 0 aliphatic heterocycles. The van der Waals surface area contributed by atoms with Gasteiger partial charge >= 0.3 is 0 Å². The van der Waals surface area contributed by atoms with Crippen LogP contribution in [0.1, 0.15) is 20.7 Å². The maximum Gasteiger partial charge on any atom is 0.255 e. The van der Waals surface area contributed by atoms with E-state index >= 15 is 0 Å². The van der Waals surface area contributed by atoms with Crippen molar-refractivity contribution in [3.63, 3.8) is 0 Å². The summed E-state index contributed by atoms with van der Waals surface area (Å²) in [5, 5.41) is 5.33. The Morgan fingerprint density at radius 1 is 1.05 bits per heavy atom. The van der Waals surface area contributed by atoms with E-state index in [1.807, 2.05) is 0 Å². The van der Waals surface area contributed by atoms with Gasteiger partial charge in [0.25, 0.3) is 11.8 Å². The average molecular weight is 410 g/mol. The van der Waals surface area contributed by atoms with Gasteiger partial charge in [-0.05, 0) is 59.0 Å². The van der Waals surface area contributed by atoms with Gasteiger partial charge in [-0.15, -0.1) is 0 Å². The van der Waals surface area contributed by atoms with Gasteiger partial charge in [0, 0.05) is 23.9 Å². The maximum atomic E-state index is 12.3. The molecular weight excluding hydrogens is 395 g/mol. The first kappa shape index (κ1) is 16.3. The number of halogens is 1. The summed E-state index contributed by atoms with van der Waals surface area (Å²) in [5.74, 6) is 0.281. The van der Waals surface area contributed by atoms with Crippen LogP contribution in [0.15, 0.2) is 42.5 Å². The molecule has 0 heterocycles. The number of benzene rings is 2. The number of hydrogen-bond donors (Lipinski definition) is 2. The van der Waals surface area contributed by atoms with Gasteiger partial charge in [0.05, 0.1) is 10.7 Å². The Morgan fingerprint density at radius 3 is 2.41 bits per heavy atom. The summed E-state index contributed by atoms with van der Waals surface area (Å²) in [4.78, 5) is 23.9. The van der Waals surface area contributed by atoms with Crippen molar-refractivity contribution >= 4 is 40.1 Å². The van der Waals surface area contributed by atoms with Crippen LogP contribution in [0.25, 0.3) is 0 Å². The van der Waals surface area contributed by atoms with E-state index in [4.69, 9.17) is 4.74 Å². The number of methoxy groups -OCH3 is 1. The van der Waals surface area contributed by atoms with E-state index in [1.165, 1.54) is 0 Å². The minimum Gasteiger partial charge on any atom is -0.496 e. The Kier molecular flexibility index (Phi) is 5.37. The van der Waals surface area contributed by atoms with Crippen LogP contribution in [0.2, 0.25) is 0 Å². The van der Waals surface area contributed by atoms with E-state index in [2.05, 4.69) is 33.2 Å². The Hall–Kier alpha value is -2.09. The van der Waals surface area contributed by atoms with Crippen molar-refractivity contribution < 1.29 is 14.3 Å². The van der Waals surface area contributed by atoms with Gasteiger partial charge in [-0.2, -0.15) is 0 Å². The van der Waals surface area contributed by atoms with Crippen LogP contribution in [0.4, 0.5) is 5.69 Å². The summed E-state index contributed by atoms with van der Waals surface area (Å²) in [6.07, 6.45) is 0. The lowest BCUT2D eigenvalue weighted by molar-refractivity contribution is 0.0961. The molecule has 0 aliphatic rings. The quantitative estimate of drug-likeness (QED) is 0.762. The number of carbonyl (C=O) groups is 2. The number of ether oxygens (including phenoxy) is 1. The Balaban J connectivity index is 2.18. The molecule has 114 valence electrons. The first-order chi connectivity index (χ1) is 10.5. The molecule has 2 aromatic rings. The topological polar surface area (TPSA) is 67.4 Å². The van der Waals surface area contributed by atoms with E-state index in [9.17, 15) is 9.59 Å². The first-order valence-corrected chi connectivity index (χ1v) is 7.60. The largest absolute Gasteiger partial charge is 0.496 e. The van der Waals surface area contributed by atoms with Gasteiger partial charge < -0.3 is 15.4 Å². The van der Waals surface area contributed by atoms with E-state index in [-0.39, 0.29) is 11.8 Å². The van der Waals surface area contributed by atoms with Crippen molar-refractivity contribution in [2.45, 2.75) is 0 Å². The lowest BCUT2D eigenvalue weighted by Gasteiger charge is -2.09. The second-order valence-corrected chi connectivity index (χ2v) is 5.63. The van der Waals surface area contributed by atoms with Gasteiger partial charge in [0.2, 0.25) is 0 Å². The predicted molar refractivity (Wildman–Crippen MR) is 93.5 cm³/mol. The smallest absolute Gasteiger partial charge is 0.255 e. The molecule has 0 fully saturated rings. The highest BCUT2D eigenvalue weighted by molar-refractivity contribution is 14.1. The SMILES string of the molecule is CNC(=O)c1cccc(NC(=O)c2ccc(OC)c(I)c2)c1. The molecule has 0 aliphatic carbocycles. The molecule has 2 amide bonds. The molecule has 2 aromatic carbocycles. The van der Waals surface area contributed by atoms with Crippen LogP contribution in [-0.4, -0.2) is 26.0 Å². The number of carbonyl (C=O) groups excluding carboxylic acids is 2. The second-order valence-electron chi connectivity index (χ2n) is 4.46. The molecule has 0 radical (unpaired) electrons. The standard InChI is InChI=1S/C16H15IN2O3/c1-18-15(20)10-4-3-5-12(8-10)19-16(21)11-6-7-14(22-2)13(17)9-11/h3-9H,1-2H3,(H,18,20)(H,19,21). The lowest BCUT2D eigenvalue weighted by Crippen LogP contribution is -2.18. The molecule has 0 unspecified atom stereocenters. The van der Waals surface area contributed by atoms with Gasteiger partial charge in [-0.25, -0.2) is 0 Å². The normalized spacial score (nSPS) is 9.95. The number of amides is 2. The molecule has 0 atom stereocenters. The van der Waals surface area contributed by atoms with Crippen molar-refractivity contribution in [2.24, 2.45) is 0 Å². The summed E-state index contributed by atoms with van der Waals surface area (Å²) >= 11 is 2.11. The van der Waals surface area contributed by atoms with Crippen LogP contribution < -0.4 is 15.4 Å². The summed E-state index contributed by atoms with van der Waals surface area (Å²) in [6, 6.07) is 12.0. The molecule has 2 N–H and O–H groups in total. The molecular formula is C16H15IN2O3. The Morgan fingerprint density at radius 2 is 1.77 bits per heavy atom. The fraction of sp³-hybridized carbons (Fsp3) is 0.125. The first-order valence-electron chi connectivity index (χ1n) is 6.52. The molecule has 5 nitrogen and oxygen atoms in total. The summed E-state index contributed by atoms with van der Waals surface area (Å²) in [7, 11) is 3.15. The van der Waals surface area contributed by atoms with Gasteiger partial charge in [0.15, 0.2) is 0 Å². The van der Waals surface area contributed by atoms with Crippen LogP contribution in [0.3, 0.4) is 0 Å². The molecule has 0 spiro atoms. The zero-order valence-electron chi connectivity index (χ0n) is 12.1. The zero-order chi connectivity index (χ0) is 16.1. The minimum atomic E-state index is -0.241. The van der Waals surface area contributed by atoms with E-state index in [1.54, 1.807) is 56.6 Å². The van der Waals surface area contributed by atoms with Crippen LogP contribution in [-0.2, 0) is 0 Å². The van der Waals surface area contributed by atoms with Crippen LogP contribution in [0, 0.1) is 3.57 Å². The molecule has 0 bridgehead atoms. The van der Waals surface area contributed by atoms with Crippen LogP contribution in [0.5, 0.6) is 5.75 Å². The lowest BCUT2D eigenvalue weighted by atomic mass is 10.1. The Bertz CT molecular complexity index is 716. The predicted octanol–water partition coefficient (Wildman–Crippen LogP) is 2.91. The fourth-order valence-electron chi connectivity index (χ4n) is 1.89. The minimum absolute atomic E-state index is 0.199. The number of hydrogen-bond acceptors (Lipinski definition) is 3. The third-order valence-corrected chi connectivity index (χ3v) is 3.87. The number of anilines is 1. The third-order valence-electron chi connectivity index (χ3n) is 3.02. The molecule has 22 heavy (non-hydrogen) atoms. The zero-order valence-corrected chi connectivity index (χ0v) is 14.3. The highest BCUT2D eigenvalue weighted by atomic mass is 127. The summed E-state index contributed by atoms with van der Waals surface area (Å²) in [6.45, 7) is 0. The summed E-state index contributed by atoms with van der Waals surface area (Å²) in [5.41, 5.74) is 1.58. The second kappa shape index (κ2) is 7.26. The molecule has 0 saturated heterocycles. The monoisotopic (exact) mass is 410 g/mol. The van der Waals surface area contributed by atoms with Crippen molar-refractivity contribution in [2.75, 3.05) is 19.5 Å². The fourth-order valence-corrected chi connectivity index (χ4v) is 2.63. The van der Waals surface area contributed by atoms with Crippen molar-refractivity contribution in [1.29, 1.82) is 0 Å². The average Bonchev–Trinajstić information content (AvgIpc) is 2.54. The number of rotatable bonds is 4. The van der Waals surface area contributed by atoms with Gasteiger partial charge in [-0.1, -0.05) is 6.07 Å². The highest BCUT2D eigenvalue weighted by Crippen LogP contribution is 2.22. The van der Waals surface area contributed by atoms with E-state index < -0.39 is 0 Å². The third kappa shape index (κ3) is 3.76. The van der Waals surface area contributed by atoms with E-state index in [0.717, 1.165) is 9.32 Å². The molecule has 0 saturated carbocycles. The Labute approximate surface area is 142 Å².